The van der Waals surface area contributed by atoms with Gasteiger partial charge in [-0.15, -0.1) is 0 Å². The van der Waals surface area contributed by atoms with Gasteiger partial charge in [-0.2, -0.15) is 0 Å². The van der Waals surface area contributed by atoms with Crippen molar-refractivity contribution in [1.82, 2.24) is 9.80 Å². The van der Waals surface area contributed by atoms with E-state index in [9.17, 15) is 14.4 Å². The Morgan fingerprint density at radius 2 is 1.64 bits per heavy atom. The van der Waals surface area contributed by atoms with Crippen LogP contribution in [0.15, 0.2) is 42.5 Å². The van der Waals surface area contributed by atoms with E-state index in [4.69, 9.17) is 0 Å². The summed E-state index contributed by atoms with van der Waals surface area (Å²) >= 11 is 0. The number of hydrogen-bond donors (Lipinski definition) is 0. The molecule has 0 aromatic heterocycles. The monoisotopic (exact) mass is 338 g/mol. The van der Waals surface area contributed by atoms with Crippen LogP contribution in [0, 0.1) is 23.7 Å². The molecule has 1 aromatic rings. The predicted molar refractivity (Wildman–Crippen MR) is 92.2 cm³/mol. The van der Waals surface area contributed by atoms with E-state index in [2.05, 4.69) is 12.2 Å². The molecule has 25 heavy (non-hydrogen) atoms. The van der Waals surface area contributed by atoms with Crippen LogP contribution < -0.4 is 0 Å². The van der Waals surface area contributed by atoms with Crippen LogP contribution in [0.5, 0.6) is 0 Å². The number of nitrogens with zero attached hydrogens (tertiary/aromatic N) is 2. The van der Waals surface area contributed by atoms with Crippen molar-refractivity contribution in [1.29, 1.82) is 0 Å². The van der Waals surface area contributed by atoms with Gasteiger partial charge in [-0.25, -0.2) is 0 Å². The number of likely N-dealkylation sites (N-methyl/N-ethyl adjacent to an activating group) is 1. The van der Waals surface area contributed by atoms with Gasteiger partial charge >= 0.3 is 0 Å². The van der Waals surface area contributed by atoms with Crippen molar-refractivity contribution in [3.63, 3.8) is 0 Å². The minimum atomic E-state index is -0.762. The lowest BCUT2D eigenvalue weighted by molar-refractivity contribution is -0.151. The number of likely N-dealkylation sites (tertiary alicyclic amines) is 1. The Hall–Kier alpha value is -2.43. The highest BCUT2D eigenvalue weighted by Crippen LogP contribution is 2.53. The fraction of sp³-hybridized carbons (Fsp3) is 0.450. The summed E-state index contributed by atoms with van der Waals surface area (Å²) in [6.45, 7) is 0. The SMILES string of the molecule is CN(C)C(=O)[C@H](Cc1ccccc1)N1C(=O)[C@@H]2[C@H](C1=O)[C@H]1C=C[C@H]2C1. The number of rotatable bonds is 4. The predicted octanol–water partition coefficient (Wildman–Crippen LogP) is 1.49. The van der Waals surface area contributed by atoms with E-state index in [0.29, 0.717) is 6.42 Å². The van der Waals surface area contributed by atoms with Crippen molar-refractivity contribution in [2.75, 3.05) is 14.1 Å². The molecule has 1 saturated carbocycles. The zero-order chi connectivity index (χ0) is 17.7. The molecule has 1 aliphatic heterocycles. The Bertz CT molecular complexity index is 725. The first-order chi connectivity index (χ1) is 12.0. The number of amides is 3. The molecule has 0 spiro atoms. The Morgan fingerprint density at radius 3 is 2.16 bits per heavy atom. The van der Waals surface area contributed by atoms with Crippen molar-refractivity contribution < 1.29 is 14.4 Å². The molecule has 0 radical (unpaired) electrons. The van der Waals surface area contributed by atoms with Gasteiger partial charge in [-0.3, -0.25) is 19.3 Å². The fourth-order valence-corrected chi connectivity index (χ4v) is 4.66. The summed E-state index contributed by atoms with van der Waals surface area (Å²) < 4.78 is 0. The largest absolute Gasteiger partial charge is 0.347 e. The second-order valence-electron chi connectivity index (χ2n) is 7.48. The van der Waals surface area contributed by atoms with E-state index >= 15 is 0 Å². The second-order valence-corrected chi connectivity index (χ2v) is 7.48. The number of allylic oxidation sites excluding steroid dienone is 2. The van der Waals surface area contributed by atoms with Gasteiger partial charge in [0, 0.05) is 20.5 Å². The fourth-order valence-electron chi connectivity index (χ4n) is 4.66. The molecule has 4 rings (SSSR count). The highest BCUT2D eigenvalue weighted by Gasteiger charge is 2.61. The molecule has 5 nitrogen and oxygen atoms in total. The van der Waals surface area contributed by atoms with Crippen molar-refractivity contribution in [2.24, 2.45) is 23.7 Å². The standard InChI is InChI=1S/C20H22N2O3/c1-21(2)18(23)15(10-12-6-4-3-5-7-12)22-19(24)16-13-8-9-14(11-13)17(16)20(22)25/h3-9,13-17H,10-11H2,1-2H3/t13-,14-,15-,16-,17+/m0/s1. The molecule has 2 fully saturated rings. The maximum atomic E-state index is 13.0. The van der Waals surface area contributed by atoms with Gasteiger partial charge in [0.2, 0.25) is 17.7 Å². The number of carbonyl (C=O) groups excluding carboxylic acids is 3. The summed E-state index contributed by atoms with van der Waals surface area (Å²) in [7, 11) is 3.33. The lowest BCUT2D eigenvalue weighted by atomic mass is 9.85. The van der Waals surface area contributed by atoms with Crippen molar-refractivity contribution >= 4 is 17.7 Å². The van der Waals surface area contributed by atoms with Gasteiger partial charge in [0.15, 0.2) is 0 Å². The molecule has 1 saturated heterocycles. The highest BCUT2D eigenvalue weighted by molar-refractivity contribution is 6.09. The molecule has 2 aliphatic carbocycles. The van der Waals surface area contributed by atoms with Gasteiger partial charge in [-0.1, -0.05) is 42.5 Å². The Morgan fingerprint density at radius 1 is 1.08 bits per heavy atom. The summed E-state index contributed by atoms with van der Waals surface area (Å²) in [5.41, 5.74) is 0.946. The number of fused-ring (bicyclic) bond motifs is 5. The van der Waals surface area contributed by atoms with Gasteiger partial charge in [0.1, 0.15) is 6.04 Å². The van der Waals surface area contributed by atoms with Crippen LogP contribution in [0.4, 0.5) is 0 Å². The van der Waals surface area contributed by atoms with Gasteiger partial charge in [-0.05, 0) is 23.8 Å². The van der Waals surface area contributed by atoms with E-state index in [1.807, 2.05) is 30.3 Å². The molecule has 130 valence electrons. The van der Waals surface area contributed by atoms with Crippen LogP contribution in [-0.2, 0) is 20.8 Å². The average Bonchev–Trinajstić information content (AvgIpc) is 3.28. The molecular formula is C20H22N2O3. The van der Waals surface area contributed by atoms with Crippen LogP contribution in [0.1, 0.15) is 12.0 Å². The summed E-state index contributed by atoms with van der Waals surface area (Å²) in [5.74, 6) is -0.755. The molecule has 2 bridgehead atoms. The topological polar surface area (TPSA) is 57.7 Å². The zero-order valence-electron chi connectivity index (χ0n) is 14.5. The van der Waals surface area contributed by atoms with E-state index < -0.39 is 6.04 Å². The molecule has 3 amide bonds. The zero-order valence-corrected chi connectivity index (χ0v) is 14.5. The maximum absolute atomic E-state index is 13.0. The minimum absolute atomic E-state index is 0.156. The molecule has 0 unspecified atom stereocenters. The third-order valence-electron chi connectivity index (χ3n) is 5.81. The summed E-state index contributed by atoms with van der Waals surface area (Å²) in [4.78, 5) is 41.6. The summed E-state index contributed by atoms with van der Waals surface area (Å²) in [6, 6.07) is 8.80. The number of benzene rings is 1. The van der Waals surface area contributed by atoms with Crippen LogP contribution in [0.2, 0.25) is 0 Å². The molecule has 3 aliphatic rings. The minimum Gasteiger partial charge on any atom is -0.347 e. The first-order valence-corrected chi connectivity index (χ1v) is 8.79. The molecule has 1 aromatic carbocycles. The van der Waals surface area contributed by atoms with Gasteiger partial charge in [0.25, 0.3) is 0 Å². The third kappa shape index (κ3) is 2.41. The third-order valence-corrected chi connectivity index (χ3v) is 5.81. The van der Waals surface area contributed by atoms with E-state index in [0.717, 1.165) is 12.0 Å². The second kappa shape index (κ2) is 5.83. The van der Waals surface area contributed by atoms with Crippen LogP contribution in [0.25, 0.3) is 0 Å². The van der Waals surface area contributed by atoms with Crippen molar-refractivity contribution in [2.45, 2.75) is 18.9 Å². The number of hydrogen-bond acceptors (Lipinski definition) is 3. The van der Waals surface area contributed by atoms with Crippen molar-refractivity contribution in [3.05, 3.63) is 48.0 Å². The highest BCUT2D eigenvalue weighted by atomic mass is 16.2. The Balaban J connectivity index is 1.67. The number of imide groups is 1. The lowest BCUT2D eigenvalue weighted by Crippen LogP contribution is -2.51. The lowest BCUT2D eigenvalue weighted by Gasteiger charge is -2.29. The normalized spacial score (nSPS) is 30.7. The van der Waals surface area contributed by atoms with Gasteiger partial charge in [0.05, 0.1) is 11.8 Å². The van der Waals surface area contributed by atoms with Crippen LogP contribution in [0.3, 0.4) is 0 Å². The quantitative estimate of drug-likeness (QED) is 0.617. The van der Waals surface area contributed by atoms with Gasteiger partial charge < -0.3 is 4.90 Å². The molecule has 1 heterocycles. The average molecular weight is 338 g/mol. The van der Waals surface area contributed by atoms with Crippen LogP contribution in [-0.4, -0.2) is 47.7 Å². The summed E-state index contributed by atoms with van der Waals surface area (Å²) in [5, 5.41) is 0. The molecule has 5 heteroatoms. The number of carbonyl (C=O) groups is 3. The molecular weight excluding hydrogens is 316 g/mol. The first kappa shape index (κ1) is 16.1. The smallest absolute Gasteiger partial charge is 0.245 e. The van der Waals surface area contributed by atoms with E-state index in [-0.39, 0.29) is 41.4 Å². The molecule has 0 N–H and O–H groups in total. The van der Waals surface area contributed by atoms with Crippen LogP contribution >= 0.6 is 0 Å². The van der Waals surface area contributed by atoms with Crippen molar-refractivity contribution in [3.8, 4) is 0 Å². The Kier molecular flexibility index (Phi) is 3.74. The molecule has 5 atom stereocenters. The first-order valence-electron chi connectivity index (χ1n) is 8.79. The van der Waals surface area contributed by atoms with E-state index in [1.165, 1.54) is 9.80 Å². The maximum Gasteiger partial charge on any atom is 0.245 e. The summed E-state index contributed by atoms with van der Waals surface area (Å²) in [6.07, 6.45) is 5.39. The van der Waals surface area contributed by atoms with E-state index in [1.54, 1.807) is 14.1 Å². The Labute approximate surface area is 147 Å².